The lowest BCUT2D eigenvalue weighted by atomic mass is 10.2. The van der Waals surface area contributed by atoms with Gasteiger partial charge in [0.05, 0.1) is 5.69 Å². The fraction of sp³-hybridized carbons (Fsp3) is 0. The van der Waals surface area contributed by atoms with Crippen molar-refractivity contribution in [3.63, 3.8) is 0 Å². The Hall–Kier alpha value is -3.03. The SMILES string of the molecule is O=C(Nc1ccc(Br)cc1)c1nc(-c2ccc(Cl)cc2)n(-c2ccc(F)cc2)n1. The standard InChI is InChI=1S/C21H13BrClFN4O/c22-14-3-9-17(10-4-14)25-21(29)19-26-20(13-1-5-15(23)6-2-13)28(27-19)18-11-7-16(24)8-12-18/h1-12H,(H,25,29). The fourth-order valence-electron chi connectivity index (χ4n) is 2.68. The van der Waals surface area contributed by atoms with Crippen molar-refractivity contribution < 1.29 is 9.18 Å². The van der Waals surface area contributed by atoms with Crippen molar-refractivity contribution in [1.29, 1.82) is 0 Å². The predicted octanol–water partition coefficient (Wildman–Crippen LogP) is 5.74. The average molecular weight is 472 g/mol. The molecule has 8 heteroatoms. The number of carbonyl (C=O) groups excluding carboxylic acids is 1. The van der Waals surface area contributed by atoms with E-state index in [1.165, 1.54) is 16.8 Å². The van der Waals surface area contributed by atoms with Gasteiger partial charge in [0, 0.05) is 20.7 Å². The van der Waals surface area contributed by atoms with Crippen LogP contribution in [0, 0.1) is 5.82 Å². The van der Waals surface area contributed by atoms with Crippen LogP contribution in [0.25, 0.3) is 17.1 Å². The zero-order valence-corrected chi connectivity index (χ0v) is 17.2. The van der Waals surface area contributed by atoms with Crippen molar-refractivity contribution in [2.75, 3.05) is 5.32 Å². The number of benzene rings is 3. The molecule has 0 bridgehead atoms. The summed E-state index contributed by atoms with van der Waals surface area (Å²) in [6, 6.07) is 20.0. The smallest absolute Gasteiger partial charge is 0.295 e. The van der Waals surface area contributed by atoms with E-state index in [1.54, 1.807) is 48.5 Å². The van der Waals surface area contributed by atoms with Gasteiger partial charge >= 0.3 is 0 Å². The van der Waals surface area contributed by atoms with Crippen LogP contribution in [0.2, 0.25) is 5.02 Å². The average Bonchev–Trinajstić information content (AvgIpc) is 3.16. The van der Waals surface area contributed by atoms with Crippen LogP contribution < -0.4 is 5.32 Å². The Morgan fingerprint density at radius 3 is 2.28 bits per heavy atom. The number of halogens is 3. The van der Waals surface area contributed by atoms with Crippen molar-refractivity contribution in [3.8, 4) is 17.1 Å². The lowest BCUT2D eigenvalue weighted by Gasteiger charge is -2.06. The highest BCUT2D eigenvalue weighted by Gasteiger charge is 2.19. The third kappa shape index (κ3) is 4.36. The van der Waals surface area contributed by atoms with E-state index < -0.39 is 5.91 Å². The number of aromatic nitrogens is 3. The number of amides is 1. The van der Waals surface area contributed by atoms with E-state index in [-0.39, 0.29) is 11.6 Å². The molecule has 0 unspecified atom stereocenters. The number of hydrogen-bond acceptors (Lipinski definition) is 3. The molecule has 0 aliphatic rings. The third-order valence-electron chi connectivity index (χ3n) is 4.09. The van der Waals surface area contributed by atoms with E-state index in [9.17, 15) is 9.18 Å². The Morgan fingerprint density at radius 1 is 0.966 bits per heavy atom. The molecule has 0 saturated heterocycles. The minimum atomic E-state index is -0.455. The molecule has 4 aromatic rings. The Labute approximate surface area is 179 Å². The molecule has 0 fully saturated rings. The van der Waals surface area contributed by atoms with E-state index in [0.29, 0.717) is 27.8 Å². The summed E-state index contributed by atoms with van der Waals surface area (Å²) in [6.07, 6.45) is 0. The first-order chi connectivity index (χ1) is 14.0. The van der Waals surface area contributed by atoms with E-state index in [4.69, 9.17) is 11.6 Å². The molecule has 0 aliphatic heterocycles. The molecule has 0 radical (unpaired) electrons. The van der Waals surface area contributed by atoms with Crippen molar-refractivity contribution >= 4 is 39.1 Å². The molecule has 1 heterocycles. The number of hydrogen-bond donors (Lipinski definition) is 1. The summed E-state index contributed by atoms with van der Waals surface area (Å²) >= 11 is 9.33. The summed E-state index contributed by atoms with van der Waals surface area (Å²) in [6.45, 7) is 0. The maximum absolute atomic E-state index is 13.3. The summed E-state index contributed by atoms with van der Waals surface area (Å²) in [5.41, 5.74) is 1.91. The molecule has 29 heavy (non-hydrogen) atoms. The highest BCUT2D eigenvalue weighted by Crippen LogP contribution is 2.24. The van der Waals surface area contributed by atoms with Crippen LogP contribution in [0.15, 0.2) is 77.3 Å². The van der Waals surface area contributed by atoms with Crippen LogP contribution in [0.3, 0.4) is 0 Å². The summed E-state index contributed by atoms with van der Waals surface area (Å²) in [4.78, 5) is 17.1. The van der Waals surface area contributed by atoms with E-state index in [1.807, 2.05) is 12.1 Å². The first-order valence-electron chi connectivity index (χ1n) is 8.55. The molecule has 3 aromatic carbocycles. The summed E-state index contributed by atoms with van der Waals surface area (Å²) in [5.74, 6) is -0.394. The number of anilines is 1. The van der Waals surface area contributed by atoms with Gasteiger partial charge in [-0.3, -0.25) is 4.79 Å². The Kier molecular flexibility index (Phi) is 5.42. The van der Waals surface area contributed by atoms with Crippen LogP contribution >= 0.6 is 27.5 Å². The lowest BCUT2D eigenvalue weighted by molar-refractivity contribution is 0.101. The first-order valence-corrected chi connectivity index (χ1v) is 9.72. The van der Waals surface area contributed by atoms with Gasteiger partial charge in [0.2, 0.25) is 5.82 Å². The zero-order chi connectivity index (χ0) is 20.4. The molecular formula is C21H13BrClFN4O. The van der Waals surface area contributed by atoms with Crippen molar-refractivity contribution in [2.45, 2.75) is 0 Å². The highest BCUT2D eigenvalue weighted by molar-refractivity contribution is 9.10. The maximum atomic E-state index is 13.3. The molecule has 1 N–H and O–H groups in total. The number of rotatable bonds is 4. The second kappa shape index (κ2) is 8.14. The highest BCUT2D eigenvalue weighted by atomic mass is 79.9. The minimum absolute atomic E-state index is 0.0119. The van der Waals surface area contributed by atoms with E-state index in [0.717, 1.165) is 4.47 Å². The van der Waals surface area contributed by atoms with Crippen LogP contribution in [-0.4, -0.2) is 20.7 Å². The van der Waals surface area contributed by atoms with Crippen LogP contribution in [0.4, 0.5) is 10.1 Å². The van der Waals surface area contributed by atoms with Crippen LogP contribution in [-0.2, 0) is 0 Å². The number of nitrogens with one attached hydrogen (secondary N) is 1. The van der Waals surface area contributed by atoms with Crippen LogP contribution in [0.5, 0.6) is 0 Å². The molecular weight excluding hydrogens is 459 g/mol. The van der Waals surface area contributed by atoms with Gasteiger partial charge in [-0.1, -0.05) is 27.5 Å². The zero-order valence-electron chi connectivity index (χ0n) is 14.8. The quantitative estimate of drug-likeness (QED) is 0.413. The molecule has 5 nitrogen and oxygen atoms in total. The normalized spacial score (nSPS) is 10.7. The molecule has 0 aliphatic carbocycles. The molecule has 0 atom stereocenters. The van der Waals surface area contributed by atoms with Gasteiger partial charge in [-0.2, -0.15) is 0 Å². The lowest BCUT2D eigenvalue weighted by Crippen LogP contribution is -2.14. The number of carbonyl (C=O) groups is 1. The second-order valence-electron chi connectivity index (χ2n) is 6.12. The van der Waals surface area contributed by atoms with E-state index >= 15 is 0 Å². The summed E-state index contributed by atoms with van der Waals surface area (Å²) in [5, 5.41) is 7.70. The molecule has 0 saturated carbocycles. The van der Waals surface area contributed by atoms with Gasteiger partial charge in [-0.05, 0) is 72.8 Å². The van der Waals surface area contributed by atoms with E-state index in [2.05, 4.69) is 31.3 Å². The first kappa shape index (κ1) is 19.3. The minimum Gasteiger partial charge on any atom is -0.319 e. The van der Waals surface area contributed by atoms with Gasteiger partial charge in [0.1, 0.15) is 5.82 Å². The monoisotopic (exact) mass is 470 g/mol. The van der Waals surface area contributed by atoms with Gasteiger partial charge in [0.15, 0.2) is 5.82 Å². The molecule has 1 amide bonds. The molecule has 4 rings (SSSR count). The third-order valence-corrected chi connectivity index (χ3v) is 4.87. The van der Waals surface area contributed by atoms with Crippen molar-refractivity contribution in [2.24, 2.45) is 0 Å². The largest absolute Gasteiger partial charge is 0.319 e. The molecule has 0 spiro atoms. The predicted molar refractivity (Wildman–Crippen MR) is 114 cm³/mol. The topological polar surface area (TPSA) is 59.8 Å². The van der Waals surface area contributed by atoms with Gasteiger partial charge < -0.3 is 5.32 Å². The van der Waals surface area contributed by atoms with Gasteiger partial charge in [-0.15, -0.1) is 5.10 Å². The molecule has 144 valence electrons. The van der Waals surface area contributed by atoms with Crippen LogP contribution in [0.1, 0.15) is 10.6 Å². The summed E-state index contributed by atoms with van der Waals surface area (Å²) < 4.78 is 15.7. The second-order valence-corrected chi connectivity index (χ2v) is 7.47. The Morgan fingerprint density at radius 2 is 1.62 bits per heavy atom. The van der Waals surface area contributed by atoms with Crippen molar-refractivity contribution in [1.82, 2.24) is 14.8 Å². The Bertz CT molecular complexity index is 1100. The van der Waals surface area contributed by atoms with Gasteiger partial charge in [-0.25, -0.2) is 14.1 Å². The fourth-order valence-corrected chi connectivity index (χ4v) is 3.07. The Balaban J connectivity index is 1.74. The maximum Gasteiger partial charge on any atom is 0.295 e. The molecule has 1 aromatic heterocycles. The number of nitrogens with zero attached hydrogens (tertiary/aromatic N) is 3. The van der Waals surface area contributed by atoms with Crippen molar-refractivity contribution in [3.05, 3.63) is 93.9 Å². The van der Waals surface area contributed by atoms with Gasteiger partial charge in [0.25, 0.3) is 5.91 Å². The summed E-state index contributed by atoms with van der Waals surface area (Å²) in [7, 11) is 0.